The van der Waals surface area contributed by atoms with Crippen LogP contribution in [0.15, 0.2) is 133 Å². The fraction of sp³-hybridized carbons (Fsp3) is 0.345. The third-order valence-corrected chi connectivity index (χ3v) is 16.3. The van der Waals surface area contributed by atoms with Crippen LogP contribution in [-0.2, 0) is 16.2 Å². The third kappa shape index (κ3) is 4.49. The Morgan fingerprint density at radius 1 is 0.500 bits per heavy atom. The number of benzene rings is 6. The minimum atomic E-state index is -0.0649. The summed E-state index contributed by atoms with van der Waals surface area (Å²) in [5.74, 6) is 3.79. The van der Waals surface area contributed by atoms with Crippen molar-refractivity contribution in [2.45, 2.75) is 94.8 Å². The molecule has 56 heavy (non-hydrogen) atoms. The van der Waals surface area contributed by atoms with Gasteiger partial charge in [0.2, 0.25) is 0 Å². The molecule has 5 atom stereocenters. The van der Waals surface area contributed by atoms with E-state index in [-0.39, 0.29) is 10.8 Å². The van der Waals surface area contributed by atoms with Crippen LogP contribution in [0.25, 0.3) is 33.4 Å². The van der Waals surface area contributed by atoms with Crippen molar-refractivity contribution in [1.29, 1.82) is 0 Å². The maximum Gasteiger partial charge on any atom is 0.0465 e. The molecule has 0 bridgehead atoms. The summed E-state index contributed by atoms with van der Waals surface area (Å²) in [5, 5.41) is 0. The summed E-state index contributed by atoms with van der Waals surface area (Å²) in [5.41, 5.74) is 19.9. The van der Waals surface area contributed by atoms with Crippen LogP contribution in [0.3, 0.4) is 0 Å². The van der Waals surface area contributed by atoms with Crippen molar-refractivity contribution < 1.29 is 0 Å². The van der Waals surface area contributed by atoms with Crippen molar-refractivity contribution in [2.75, 3.05) is 4.90 Å². The molecule has 6 aliphatic rings. The smallest absolute Gasteiger partial charge is 0.0465 e. The van der Waals surface area contributed by atoms with E-state index in [0.29, 0.717) is 5.41 Å². The molecule has 6 aromatic carbocycles. The number of hydrogen-bond acceptors (Lipinski definition) is 1. The maximum absolute atomic E-state index is 2.57. The fourth-order valence-corrected chi connectivity index (χ4v) is 13.9. The van der Waals surface area contributed by atoms with E-state index in [0.717, 1.165) is 23.7 Å². The average molecular weight is 728 g/mol. The number of hydrogen-bond donors (Lipinski definition) is 0. The van der Waals surface area contributed by atoms with E-state index in [1.807, 2.05) is 0 Å². The van der Waals surface area contributed by atoms with Crippen molar-refractivity contribution in [3.8, 4) is 33.4 Å². The van der Waals surface area contributed by atoms with Gasteiger partial charge in [-0.1, -0.05) is 137 Å². The van der Waals surface area contributed by atoms with Gasteiger partial charge < -0.3 is 4.90 Å². The van der Waals surface area contributed by atoms with Crippen LogP contribution in [0, 0.1) is 23.7 Å². The van der Waals surface area contributed by atoms with Crippen molar-refractivity contribution in [1.82, 2.24) is 0 Å². The van der Waals surface area contributed by atoms with Gasteiger partial charge in [0, 0.05) is 27.9 Å². The highest BCUT2D eigenvalue weighted by Crippen LogP contribution is 2.71. The van der Waals surface area contributed by atoms with Gasteiger partial charge in [-0.05, 0) is 165 Å². The van der Waals surface area contributed by atoms with E-state index in [1.54, 1.807) is 11.1 Å². The van der Waals surface area contributed by atoms with Gasteiger partial charge in [-0.15, -0.1) is 0 Å². The quantitative estimate of drug-likeness (QED) is 0.171. The lowest BCUT2D eigenvalue weighted by Gasteiger charge is -2.70. The summed E-state index contributed by atoms with van der Waals surface area (Å²) in [6.45, 7) is 7.29. The second-order valence-corrected chi connectivity index (χ2v) is 19.5. The first kappa shape index (κ1) is 33.3. The van der Waals surface area contributed by atoms with Crippen LogP contribution in [-0.4, -0.2) is 0 Å². The molecule has 0 aliphatic heterocycles. The highest BCUT2D eigenvalue weighted by atomic mass is 15.1. The van der Waals surface area contributed by atoms with E-state index in [1.165, 1.54) is 125 Å². The lowest BCUT2D eigenvalue weighted by Crippen LogP contribution is -2.65. The molecule has 0 N–H and O–H groups in total. The van der Waals surface area contributed by atoms with E-state index >= 15 is 0 Å². The predicted molar refractivity (Wildman–Crippen MR) is 233 cm³/mol. The molecule has 6 aliphatic carbocycles. The Morgan fingerprint density at radius 3 is 1.77 bits per heavy atom. The van der Waals surface area contributed by atoms with Crippen molar-refractivity contribution in [2.24, 2.45) is 23.7 Å². The van der Waals surface area contributed by atoms with Crippen LogP contribution in [0.5, 0.6) is 0 Å². The fourth-order valence-electron chi connectivity index (χ4n) is 13.9. The highest BCUT2D eigenvalue weighted by Gasteiger charge is 2.65. The largest absolute Gasteiger partial charge is 0.310 e. The average Bonchev–Trinajstić information content (AvgIpc) is 3.61. The highest BCUT2D eigenvalue weighted by molar-refractivity contribution is 5.88. The summed E-state index contributed by atoms with van der Waals surface area (Å²) in [6.07, 6.45) is 12.2. The first-order chi connectivity index (χ1) is 27.3. The lowest BCUT2D eigenvalue weighted by atomic mass is 9.34. The van der Waals surface area contributed by atoms with Crippen molar-refractivity contribution in [3.63, 3.8) is 0 Å². The zero-order valence-corrected chi connectivity index (χ0v) is 33.3. The van der Waals surface area contributed by atoms with Crippen molar-refractivity contribution in [3.05, 3.63) is 161 Å². The SMILES string of the molecule is C[C@H]1C[C@@H]2C[C@@H]3C[C@@](c4ccc(-c5ccc(N(c6ccc7c(c6)C(C)(C)c6ccccc6-7)c6ccc7c(c6)C6(CCCCC6)c6ccccc6-7)cc5)cc4)(C1)C23. The Kier molecular flexibility index (Phi) is 7.03. The van der Waals surface area contributed by atoms with Crippen LogP contribution >= 0.6 is 0 Å². The second-order valence-electron chi connectivity index (χ2n) is 19.5. The van der Waals surface area contributed by atoms with Crippen molar-refractivity contribution >= 4 is 17.1 Å². The Labute approximate surface area is 333 Å². The minimum Gasteiger partial charge on any atom is -0.310 e. The number of fused-ring (bicyclic) bond motifs is 8. The Morgan fingerprint density at radius 2 is 1.07 bits per heavy atom. The van der Waals surface area contributed by atoms with Gasteiger partial charge in [0.15, 0.2) is 0 Å². The van der Waals surface area contributed by atoms with Crippen LogP contribution < -0.4 is 4.90 Å². The molecule has 4 fully saturated rings. The molecule has 0 heterocycles. The molecule has 278 valence electrons. The van der Waals surface area contributed by atoms with Gasteiger partial charge in [0.1, 0.15) is 0 Å². The van der Waals surface area contributed by atoms with Gasteiger partial charge in [-0.25, -0.2) is 0 Å². The van der Waals surface area contributed by atoms with Gasteiger partial charge in [-0.2, -0.15) is 0 Å². The summed E-state index contributed by atoms with van der Waals surface area (Å²) in [4.78, 5) is 2.54. The van der Waals surface area contributed by atoms with E-state index in [4.69, 9.17) is 0 Å². The second kappa shape index (κ2) is 11.8. The molecule has 0 amide bonds. The molecule has 1 unspecified atom stereocenters. The zero-order valence-electron chi connectivity index (χ0n) is 33.3. The predicted octanol–water partition coefficient (Wildman–Crippen LogP) is 14.7. The molecule has 4 saturated carbocycles. The first-order valence-electron chi connectivity index (χ1n) is 21.8. The van der Waals surface area contributed by atoms with Gasteiger partial charge >= 0.3 is 0 Å². The summed E-state index contributed by atoms with van der Waals surface area (Å²) in [6, 6.07) is 52.2. The standard InChI is InChI=1S/C55H53N/c1-35-29-38-30-39-34-55(33-35,52(38)39)40-19-15-36(16-20-40)37-17-21-41(22-18-37)56(42-23-25-46-44-11-5-7-13-48(44)53(2,3)50(46)31-42)43-24-26-47-45-12-6-8-14-49(45)54(51(47)32-43)27-9-4-10-28-54/h5-8,11-26,31-32,35,38-39,52H,4,9-10,27-30,33-34H2,1-3H3/t35-,38+,39+,52?,55+/m0/s1. The number of anilines is 3. The molecule has 1 nitrogen and oxygen atoms in total. The monoisotopic (exact) mass is 727 g/mol. The molecule has 1 spiro atoms. The normalized spacial score (nSPS) is 26.6. The molecule has 12 rings (SSSR count). The van der Waals surface area contributed by atoms with E-state index in [2.05, 4.69) is 159 Å². The van der Waals surface area contributed by atoms with Crippen LogP contribution in [0.4, 0.5) is 17.1 Å². The maximum atomic E-state index is 2.57. The molecule has 0 saturated heterocycles. The van der Waals surface area contributed by atoms with E-state index < -0.39 is 0 Å². The molecule has 0 radical (unpaired) electrons. The molecular weight excluding hydrogens is 675 g/mol. The molecule has 0 aromatic heterocycles. The zero-order chi connectivity index (χ0) is 37.4. The van der Waals surface area contributed by atoms with Gasteiger partial charge in [-0.3, -0.25) is 0 Å². The summed E-state index contributed by atoms with van der Waals surface area (Å²) in [7, 11) is 0. The van der Waals surface area contributed by atoms with Crippen LogP contribution in [0.1, 0.15) is 106 Å². The lowest BCUT2D eigenvalue weighted by molar-refractivity contribution is -0.159. The summed E-state index contributed by atoms with van der Waals surface area (Å²) >= 11 is 0. The van der Waals surface area contributed by atoms with Gasteiger partial charge in [0.25, 0.3) is 0 Å². The molecule has 6 aromatic rings. The molecular formula is C55H53N. The Balaban J connectivity index is 0.947. The Hall–Kier alpha value is -4.88. The first-order valence-corrected chi connectivity index (χ1v) is 21.8. The van der Waals surface area contributed by atoms with E-state index in [9.17, 15) is 0 Å². The van der Waals surface area contributed by atoms with Crippen LogP contribution in [0.2, 0.25) is 0 Å². The van der Waals surface area contributed by atoms with Gasteiger partial charge in [0.05, 0.1) is 0 Å². The third-order valence-electron chi connectivity index (χ3n) is 16.3. The number of nitrogens with zero attached hydrogens (tertiary/aromatic N) is 1. The Bertz CT molecular complexity index is 2530. The molecule has 1 heteroatoms. The topological polar surface area (TPSA) is 3.24 Å². The number of rotatable bonds is 5. The minimum absolute atomic E-state index is 0.0649. The summed E-state index contributed by atoms with van der Waals surface area (Å²) < 4.78 is 0.